The Hall–Kier alpha value is -0.0700. The van der Waals surface area contributed by atoms with E-state index in [2.05, 4.69) is 42.2 Å². The van der Waals surface area contributed by atoms with Gasteiger partial charge in [-0.3, -0.25) is 4.98 Å². The van der Waals surface area contributed by atoms with Crippen molar-refractivity contribution in [2.75, 3.05) is 6.54 Å². The Bertz CT molecular complexity index is 307. The smallest absolute Gasteiger partial charge is 0.250 e. The normalized spacial score (nSPS) is 10.9. The molecule has 6 heteroatoms. The summed E-state index contributed by atoms with van der Waals surface area (Å²) in [6.45, 7) is 0.0163. The molecule has 78 valence electrons. The van der Waals surface area contributed by atoms with Crippen LogP contribution in [0.25, 0.3) is 0 Å². The van der Waals surface area contributed by atoms with Gasteiger partial charge in [-0.2, -0.15) is 0 Å². The average molecular weight is 330 g/mol. The van der Waals surface area contributed by atoms with Crippen LogP contribution in [-0.4, -0.2) is 18.0 Å². The van der Waals surface area contributed by atoms with Crippen LogP contribution in [0.1, 0.15) is 5.69 Å². The molecule has 0 spiro atoms. The molecule has 0 aliphatic carbocycles. The first-order valence-corrected chi connectivity index (χ1v) is 5.47. The first-order chi connectivity index (χ1) is 6.59. The minimum Gasteiger partial charge on any atom is -0.306 e. The Balaban J connectivity index is 2.51. The van der Waals surface area contributed by atoms with Crippen molar-refractivity contribution in [3.63, 3.8) is 0 Å². The molecule has 0 saturated carbocycles. The van der Waals surface area contributed by atoms with Gasteiger partial charge in [0, 0.05) is 21.7 Å². The summed E-state index contributed by atoms with van der Waals surface area (Å²) in [4.78, 5) is 4.07. The van der Waals surface area contributed by atoms with E-state index in [1.54, 1.807) is 6.20 Å². The summed E-state index contributed by atoms with van der Waals surface area (Å²) in [6, 6.07) is 1.83. The number of rotatable bonds is 4. The second kappa shape index (κ2) is 5.72. The van der Waals surface area contributed by atoms with Crippen LogP contribution in [0.3, 0.4) is 0 Å². The standard InChI is InChI=1S/C8H8Br2F2N2/c9-5-1-6(10)7(14-2-5)3-13-4-8(11)12/h1-2,8,13H,3-4H2. The summed E-state index contributed by atoms with van der Waals surface area (Å²) in [5, 5.41) is 2.60. The van der Waals surface area contributed by atoms with Crippen molar-refractivity contribution in [1.29, 1.82) is 0 Å². The second-order valence-electron chi connectivity index (χ2n) is 2.60. The van der Waals surface area contributed by atoms with E-state index in [4.69, 9.17) is 0 Å². The Labute approximate surface area is 97.4 Å². The number of halogens is 4. The monoisotopic (exact) mass is 328 g/mol. The third kappa shape index (κ3) is 3.98. The van der Waals surface area contributed by atoms with Gasteiger partial charge < -0.3 is 5.32 Å². The Kier molecular flexibility index (Phi) is 4.91. The molecule has 0 bridgehead atoms. The number of nitrogens with zero attached hydrogens (tertiary/aromatic N) is 1. The van der Waals surface area contributed by atoms with Crippen LogP contribution in [0.4, 0.5) is 8.78 Å². The summed E-state index contributed by atoms with van der Waals surface area (Å²) < 4.78 is 25.2. The zero-order valence-corrected chi connectivity index (χ0v) is 10.3. The van der Waals surface area contributed by atoms with E-state index in [1.165, 1.54) is 0 Å². The molecule has 14 heavy (non-hydrogen) atoms. The molecular weight excluding hydrogens is 322 g/mol. The van der Waals surface area contributed by atoms with Gasteiger partial charge >= 0.3 is 0 Å². The van der Waals surface area contributed by atoms with Crippen molar-refractivity contribution in [2.45, 2.75) is 13.0 Å². The predicted octanol–water partition coefficient (Wildman–Crippen LogP) is 2.96. The molecule has 0 fully saturated rings. The van der Waals surface area contributed by atoms with Crippen LogP contribution in [0.15, 0.2) is 21.2 Å². The fourth-order valence-electron chi connectivity index (χ4n) is 0.873. The molecule has 0 atom stereocenters. The lowest BCUT2D eigenvalue weighted by molar-refractivity contribution is 0.145. The highest BCUT2D eigenvalue weighted by molar-refractivity contribution is 9.11. The number of hydrogen-bond acceptors (Lipinski definition) is 2. The third-order valence-electron chi connectivity index (χ3n) is 1.48. The number of hydrogen-bond donors (Lipinski definition) is 1. The Morgan fingerprint density at radius 3 is 2.71 bits per heavy atom. The Morgan fingerprint density at radius 2 is 2.14 bits per heavy atom. The highest BCUT2D eigenvalue weighted by atomic mass is 79.9. The molecule has 0 aliphatic rings. The number of aromatic nitrogens is 1. The average Bonchev–Trinajstić information content (AvgIpc) is 2.08. The van der Waals surface area contributed by atoms with Crippen LogP contribution in [0, 0.1) is 0 Å². The fraction of sp³-hybridized carbons (Fsp3) is 0.375. The predicted molar refractivity (Wildman–Crippen MR) is 57.3 cm³/mol. The maximum Gasteiger partial charge on any atom is 0.250 e. The molecule has 1 rings (SSSR count). The van der Waals surface area contributed by atoms with Crippen LogP contribution < -0.4 is 5.32 Å². The molecule has 1 aromatic heterocycles. The molecule has 2 nitrogen and oxygen atoms in total. The molecule has 0 unspecified atom stereocenters. The molecule has 0 aromatic carbocycles. The van der Waals surface area contributed by atoms with Gasteiger partial charge in [0.2, 0.25) is 0 Å². The molecule has 0 amide bonds. The first kappa shape index (κ1) is 12.0. The zero-order chi connectivity index (χ0) is 10.6. The summed E-state index contributed by atoms with van der Waals surface area (Å²) in [6.07, 6.45) is -0.700. The van der Waals surface area contributed by atoms with Gasteiger partial charge in [-0.15, -0.1) is 0 Å². The Morgan fingerprint density at radius 1 is 1.43 bits per heavy atom. The largest absolute Gasteiger partial charge is 0.306 e. The molecule has 1 heterocycles. The van der Waals surface area contributed by atoms with Crippen molar-refractivity contribution in [1.82, 2.24) is 10.3 Å². The van der Waals surface area contributed by atoms with Crippen molar-refractivity contribution in [3.8, 4) is 0 Å². The molecule has 0 saturated heterocycles. The molecular formula is C8H8Br2F2N2. The van der Waals surface area contributed by atoms with E-state index < -0.39 is 6.43 Å². The van der Waals surface area contributed by atoms with Crippen molar-refractivity contribution >= 4 is 31.9 Å². The SMILES string of the molecule is FC(F)CNCc1ncc(Br)cc1Br. The molecule has 1 aromatic rings. The number of pyridine rings is 1. The number of alkyl halides is 2. The van der Waals surface area contributed by atoms with Gasteiger partial charge in [-0.25, -0.2) is 8.78 Å². The summed E-state index contributed by atoms with van der Waals surface area (Å²) >= 11 is 6.55. The van der Waals surface area contributed by atoms with E-state index in [-0.39, 0.29) is 6.54 Å². The summed E-state index contributed by atoms with van der Waals surface area (Å²) in [5.74, 6) is 0. The minimum atomic E-state index is -2.33. The van der Waals surface area contributed by atoms with Crippen LogP contribution in [0.2, 0.25) is 0 Å². The highest BCUT2D eigenvalue weighted by Gasteiger charge is 2.04. The van der Waals surface area contributed by atoms with E-state index in [0.29, 0.717) is 12.2 Å². The summed E-state index contributed by atoms with van der Waals surface area (Å²) in [5.41, 5.74) is 0.717. The van der Waals surface area contributed by atoms with Gasteiger partial charge in [-0.1, -0.05) is 0 Å². The van der Waals surface area contributed by atoms with Gasteiger partial charge in [0.05, 0.1) is 12.2 Å². The highest BCUT2D eigenvalue weighted by Crippen LogP contribution is 2.19. The van der Waals surface area contributed by atoms with Gasteiger partial charge in [0.25, 0.3) is 6.43 Å². The topological polar surface area (TPSA) is 24.9 Å². The zero-order valence-electron chi connectivity index (χ0n) is 7.11. The lowest BCUT2D eigenvalue weighted by Crippen LogP contribution is -2.21. The summed E-state index contributed by atoms with van der Waals surface area (Å²) in [7, 11) is 0. The number of nitrogens with one attached hydrogen (secondary N) is 1. The van der Waals surface area contributed by atoms with Gasteiger partial charge in [0.1, 0.15) is 0 Å². The minimum absolute atomic E-state index is 0.315. The molecule has 1 N–H and O–H groups in total. The maximum absolute atomic E-state index is 11.8. The molecule has 0 aliphatic heterocycles. The van der Waals surface area contributed by atoms with Gasteiger partial charge in [0.15, 0.2) is 0 Å². The van der Waals surface area contributed by atoms with E-state index in [0.717, 1.165) is 8.95 Å². The van der Waals surface area contributed by atoms with Crippen LogP contribution in [-0.2, 0) is 6.54 Å². The fourth-order valence-corrected chi connectivity index (χ4v) is 2.00. The van der Waals surface area contributed by atoms with Crippen molar-refractivity contribution in [3.05, 3.63) is 26.9 Å². The van der Waals surface area contributed by atoms with E-state index >= 15 is 0 Å². The quantitative estimate of drug-likeness (QED) is 0.918. The van der Waals surface area contributed by atoms with Crippen molar-refractivity contribution in [2.24, 2.45) is 0 Å². The molecule has 0 radical (unpaired) electrons. The van der Waals surface area contributed by atoms with Gasteiger partial charge in [-0.05, 0) is 37.9 Å². The second-order valence-corrected chi connectivity index (χ2v) is 4.37. The van der Waals surface area contributed by atoms with Crippen LogP contribution >= 0.6 is 31.9 Å². The van der Waals surface area contributed by atoms with Crippen molar-refractivity contribution < 1.29 is 8.78 Å². The third-order valence-corrected chi connectivity index (χ3v) is 2.60. The van der Waals surface area contributed by atoms with E-state index in [1.807, 2.05) is 6.07 Å². The lowest BCUT2D eigenvalue weighted by Gasteiger charge is -2.05. The lowest BCUT2D eigenvalue weighted by atomic mass is 10.3. The van der Waals surface area contributed by atoms with Crippen LogP contribution in [0.5, 0.6) is 0 Å². The first-order valence-electron chi connectivity index (χ1n) is 3.88. The van der Waals surface area contributed by atoms with E-state index in [9.17, 15) is 8.78 Å². The maximum atomic E-state index is 11.8.